The molecule has 420 valence electrons. The number of aliphatic hydroxyl groups is 5. The lowest BCUT2D eigenvalue weighted by Crippen LogP contribution is -2.60. The largest absolute Gasteiger partial charge is 0.394 e. The van der Waals surface area contributed by atoms with Crippen LogP contribution >= 0.6 is 0 Å². The number of aliphatic hydroxyl groups excluding tert-OH is 5. The molecule has 0 aromatic rings. The molecule has 0 aliphatic carbocycles. The van der Waals surface area contributed by atoms with Crippen LogP contribution in [0.15, 0.2) is 134 Å². The SMILES string of the molecule is CC/C=C\C/C=C\C/C=C\C/C=C\C/C=C\C/C=C\C/C=C\C/C=C\C/C=C\C/C=C\CCCCCCCCCCC(=O)NC(COC1OC(CO)C(O)C(O)C1O)C(O)/C=C/CCCCCCCCCCCC. The Hall–Kier alpha value is -3.67. The normalized spacial score (nSPS) is 20.0. The maximum atomic E-state index is 13.0. The lowest BCUT2D eigenvalue weighted by Gasteiger charge is -2.40. The van der Waals surface area contributed by atoms with Crippen LogP contribution in [0.3, 0.4) is 0 Å². The molecule has 0 saturated carbocycles. The van der Waals surface area contributed by atoms with Crippen molar-refractivity contribution in [3.8, 4) is 0 Å². The molecule has 6 N–H and O–H groups in total. The van der Waals surface area contributed by atoms with E-state index >= 15 is 0 Å². The van der Waals surface area contributed by atoms with Gasteiger partial charge in [-0.2, -0.15) is 0 Å². The number of allylic oxidation sites excluding steroid dienone is 21. The van der Waals surface area contributed by atoms with E-state index in [0.29, 0.717) is 6.42 Å². The van der Waals surface area contributed by atoms with E-state index in [2.05, 4.69) is 141 Å². The van der Waals surface area contributed by atoms with Crippen molar-refractivity contribution in [3.63, 3.8) is 0 Å². The third kappa shape index (κ3) is 41.6. The Labute approximate surface area is 451 Å². The molecule has 0 spiro atoms. The predicted octanol–water partition coefficient (Wildman–Crippen LogP) is 14.9. The van der Waals surface area contributed by atoms with Crippen molar-refractivity contribution in [2.45, 2.75) is 256 Å². The molecule has 1 rings (SSSR count). The van der Waals surface area contributed by atoms with E-state index in [1.54, 1.807) is 6.08 Å². The molecule has 1 aliphatic rings. The van der Waals surface area contributed by atoms with Crippen LogP contribution in [0, 0.1) is 0 Å². The standard InChI is InChI=1S/C65H107NO8/c1-3-5-7-9-11-13-15-17-18-19-20-21-22-23-24-25-26-27-28-29-30-31-32-33-34-35-36-37-38-39-40-41-42-43-45-47-49-51-53-55-61(69)66-58(57-73-65-64(72)63(71)62(70)60(56-67)74-65)59(68)54-52-50-48-46-44-16-14-12-10-8-6-4-2/h5,7,11,13,17-18,20-21,23-24,26-27,29-30,32-33,35-36,38-39,52,54,58-60,62-65,67-68,70-72H,3-4,6,8-10,12,14-16,19,22,25,28,31,34,37,40-51,53,55-57H2,1-2H3,(H,66,69)/b7-5-,13-11-,18-17-,21-20-,24-23-,27-26-,30-29-,33-32-,36-35-,39-38-,54-52+. The van der Waals surface area contributed by atoms with E-state index in [1.807, 2.05) is 6.08 Å². The summed E-state index contributed by atoms with van der Waals surface area (Å²) in [6.07, 6.45) is 73.8. The molecule has 1 amide bonds. The highest BCUT2D eigenvalue weighted by Gasteiger charge is 2.44. The van der Waals surface area contributed by atoms with Gasteiger partial charge >= 0.3 is 0 Å². The minimum Gasteiger partial charge on any atom is -0.394 e. The molecule has 1 saturated heterocycles. The van der Waals surface area contributed by atoms with Gasteiger partial charge in [0.05, 0.1) is 25.4 Å². The van der Waals surface area contributed by atoms with Crippen molar-refractivity contribution in [2.75, 3.05) is 13.2 Å². The van der Waals surface area contributed by atoms with E-state index in [-0.39, 0.29) is 12.5 Å². The number of rotatable bonds is 48. The van der Waals surface area contributed by atoms with Crippen molar-refractivity contribution in [1.29, 1.82) is 0 Å². The lowest BCUT2D eigenvalue weighted by molar-refractivity contribution is -0.302. The Kier molecular flexibility index (Phi) is 48.7. The molecule has 1 heterocycles. The number of carbonyl (C=O) groups is 1. The van der Waals surface area contributed by atoms with Gasteiger partial charge in [0.1, 0.15) is 24.4 Å². The van der Waals surface area contributed by atoms with Crippen LogP contribution in [-0.2, 0) is 14.3 Å². The van der Waals surface area contributed by atoms with Crippen molar-refractivity contribution in [1.82, 2.24) is 5.32 Å². The van der Waals surface area contributed by atoms with Gasteiger partial charge < -0.3 is 40.3 Å². The minimum atomic E-state index is -1.57. The van der Waals surface area contributed by atoms with Gasteiger partial charge in [-0.05, 0) is 96.3 Å². The molecule has 9 heteroatoms. The molecule has 1 aliphatic heterocycles. The Morgan fingerprint density at radius 1 is 0.473 bits per heavy atom. The summed E-state index contributed by atoms with van der Waals surface area (Å²) in [5.41, 5.74) is 0. The third-order valence-electron chi connectivity index (χ3n) is 13.0. The van der Waals surface area contributed by atoms with E-state index in [9.17, 15) is 30.3 Å². The molecule has 74 heavy (non-hydrogen) atoms. The Balaban J connectivity index is 2.16. The number of carbonyl (C=O) groups excluding carboxylic acids is 1. The monoisotopic (exact) mass is 1030 g/mol. The summed E-state index contributed by atoms with van der Waals surface area (Å²) in [5.74, 6) is -0.192. The highest BCUT2D eigenvalue weighted by atomic mass is 16.7. The number of hydrogen-bond acceptors (Lipinski definition) is 8. The molecule has 7 unspecified atom stereocenters. The van der Waals surface area contributed by atoms with Crippen LogP contribution in [0.2, 0.25) is 0 Å². The Morgan fingerprint density at radius 2 is 0.838 bits per heavy atom. The fourth-order valence-electron chi connectivity index (χ4n) is 8.36. The zero-order valence-electron chi connectivity index (χ0n) is 46.5. The first kappa shape index (κ1) is 68.3. The summed E-state index contributed by atoms with van der Waals surface area (Å²) in [7, 11) is 0. The number of nitrogens with one attached hydrogen (secondary N) is 1. The smallest absolute Gasteiger partial charge is 0.220 e. The molecule has 7 atom stereocenters. The Bertz CT molecular complexity index is 1620. The molecular formula is C65H107NO8. The van der Waals surface area contributed by atoms with E-state index in [0.717, 1.165) is 116 Å². The van der Waals surface area contributed by atoms with E-state index < -0.39 is 49.5 Å². The minimum absolute atomic E-state index is 0.192. The fourth-order valence-corrected chi connectivity index (χ4v) is 8.36. The van der Waals surface area contributed by atoms with Gasteiger partial charge in [0.25, 0.3) is 0 Å². The maximum Gasteiger partial charge on any atom is 0.220 e. The topological polar surface area (TPSA) is 149 Å². The second-order valence-corrected chi connectivity index (χ2v) is 19.7. The molecule has 0 aromatic heterocycles. The number of amides is 1. The van der Waals surface area contributed by atoms with Crippen LogP contribution in [-0.4, -0.2) is 87.5 Å². The first-order valence-corrected chi connectivity index (χ1v) is 29.4. The summed E-state index contributed by atoms with van der Waals surface area (Å²) in [6.45, 7) is 3.63. The van der Waals surface area contributed by atoms with Crippen LogP contribution in [0.25, 0.3) is 0 Å². The van der Waals surface area contributed by atoms with E-state index in [4.69, 9.17) is 9.47 Å². The first-order chi connectivity index (χ1) is 36.3. The van der Waals surface area contributed by atoms with Crippen molar-refractivity contribution < 1.29 is 39.8 Å². The van der Waals surface area contributed by atoms with E-state index in [1.165, 1.54) is 77.0 Å². The van der Waals surface area contributed by atoms with Gasteiger partial charge in [-0.25, -0.2) is 0 Å². The average molecular weight is 1030 g/mol. The maximum absolute atomic E-state index is 13.0. The molecule has 9 nitrogen and oxygen atoms in total. The summed E-state index contributed by atoms with van der Waals surface area (Å²) in [4.78, 5) is 13.0. The number of ether oxygens (including phenoxy) is 2. The van der Waals surface area contributed by atoms with Crippen molar-refractivity contribution in [3.05, 3.63) is 134 Å². The lowest BCUT2D eigenvalue weighted by atomic mass is 9.99. The van der Waals surface area contributed by atoms with Crippen LogP contribution in [0.4, 0.5) is 0 Å². The van der Waals surface area contributed by atoms with Gasteiger partial charge in [0, 0.05) is 6.42 Å². The quantitative estimate of drug-likeness (QED) is 0.0261. The Morgan fingerprint density at radius 3 is 1.24 bits per heavy atom. The summed E-state index contributed by atoms with van der Waals surface area (Å²) < 4.78 is 11.2. The highest BCUT2D eigenvalue weighted by Crippen LogP contribution is 2.23. The summed E-state index contributed by atoms with van der Waals surface area (Å²) in [5, 5.41) is 54.4. The molecule has 0 aromatic carbocycles. The van der Waals surface area contributed by atoms with Gasteiger partial charge in [0.15, 0.2) is 6.29 Å². The van der Waals surface area contributed by atoms with Gasteiger partial charge in [-0.15, -0.1) is 0 Å². The fraction of sp³-hybridized carbons (Fsp3) is 0.646. The molecule has 0 radical (unpaired) electrons. The third-order valence-corrected chi connectivity index (χ3v) is 13.0. The molecular weight excluding hydrogens is 923 g/mol. The van der Waals surface area contributed by atoms with Gasteiger partial charge in [-0.3, -0.25) is 4.79 Å². The highest BCUT2D eigenvalue weighted by molar-refractivity contribution is 5.76. The van der Waals surface area contributed by atoms with Crippen molar-refractivity contribution in [2.24, 2.45) is 0 Å². The first-order valence-electron chi connectivity index (χ1n) is 29.4. The molecule has 0 bridgehead atoms. The number of hydrogen-bond donors (Lipinski definition) is 6. The zero-order valence-corrected chi connectivity index (χ0v) is 46.5. The summed E-state index contributed by atoms with van der Waals surface area (Å²) in [6, 6.07) is -0.817. The predicted molar refractivity (Wildman–Crippen MR) is 313 cm³/mol. The van der Waals surface area contributed by atoms with Crippen molar-refractivity contribution >= 4 is 5.91 Å². The van der Waals surface area contributed by atoms with Crippen LogP contribution in [0.5, 0.6) is 0 Å². The average Bonchev–Trinajstić information content (AvgIpc) is 3.40. The van der Waals surface area contributed by atoms with Crippen LogP contribution < -0.4 is 5.32 Å². The zero-order chi connectivity index (χ0) is 53.6. The number of unbranched alkanes of at least 4 members (excludes halogenated alkanes) is 18. The van der Waals surface area contributed by atoms with Crippen LogP contribution in [0.1, 0.15) is 213 Å². The van der Waals surface area contributed by atoms with Gasteiger partial charge in [-0.1, -0.05) is 244 Å². The van der Waals surface area contributed by atoms with Gasteiger partial charge in [0.2, 0.25) is 5.91 Å². The summed E-state index contributed by atoms with van der Waals surface area (Å²) >= 11 is 0. The second kappa shape index (κ2) is 52.8. The molecule has 1 fully saturated rings. The second-order valence-electron chi connectivity index (χ2n) is 19.7.